The summed E-state index contributed by atoms with van der Waals surface area (Å²) in [5, 5.41) is 0.894. The van der Waals surface area contributed by atoms with Gasteiger partial charge in [0.15, 0.2) is 5.78 Å². The molecule has 3 heteroatoms. The number of carbonyl (C=O) groups is 1. The third-order valence-corrected chi connectivity index (χ3v) is 3.75. The van der Waals surface area contributed by atoms with Gasteiger partial charge in [-0.2, -0.15) is 0 Å². The van der Waals surface area contributed by atoms with E-state index in [1.807, 2.05) is 18.2 Å². The van der Waals surface area contributed by atoms with Crippen LogP contribution in [0.25, 0.3) is 0 Å². The summed E-state index contributed by atoms with van der Waals surface area (Å²) in [6.45, 7) is 3.68. The Balaban J connectivity index is 2.09. The van der Waals surface area contributed by atoms with Crippen LogP contribution < -0.4 is 0 Å². The van der Waals surface area contributed by atoms with Crippen molar-refractivity contribution in [3.63, 3.8) is 0 Å². The number of carbonyl (C=O) groups excluding carboxylic acids is 1. The minimum Gasteiger partial charge on any atom is -0.295 e. The molecule has 0 amide bonds. The van der Waals surface area contributed by atoms with Crippen molar-refractivity contribution in [2.45, 2.75) is 24.6 Å². The molecule has 0 unspecified atom stereocenters. The van der Waals surface area contributed by atoms with Crippen LogP contribution in [0, 0.1) is 6.92 Å². The first-order valence-electron chi connectivity index (χ1n) is 5.81. The van der Waals surface area contributed by atoms with Gasteiger partial charge in [0.25, 0.3) is 0 Å². The highest BCUT2D eigenvalue weighted by Gasteiger charge is 2.03. The molecule has 18 heavy (non-hydrogen) atoms. The molecule has 92 valence electrons. The van der Waals surface area contributed by atoms with Gasteiger partial charge in [-0.3, -0.25) is 4.79 Å². The fraction of sp³-hybridized carbons (Fsp3) is 0.200. The van der Waals surface area contributed by atoms with Crippen molar-refractivity contribution in [1.29, 1.82) is 0 Å². The van der Waals surface area contributed by atoms with Gasteiger partial charge in [-0.15, -0.1) is 11.8 Å². The van der Waals surface area contributed by atoms with Gasteiger partial charge in [0.05, 0.1) is 5.03 Å². The lowest BCUT2D eigenvalue weighted by Crippen LogP contribution is -1.93. The lowest BCUT2D eigenvalue weighted by atomic mass is 10.1. The number of aryl methyl sites for hydroxylation is 1. The summed E-state index contributed by atoms with van der Waals surface area (Å²) in [6, 6.07) is 11.9. The first-order chi connectivity index (χ1) is 8.66. The molecule has 0 bridgehead atoms. The molecule has 0 N–H and O–H groups in total. The summed E-state index contributed by atoms with van der Waals surface area (Å²) in [5.74, 6) is 0.955. The lowest BCUT2D eigenvalue weighted by Gasteiger charge is -2.05. The normalized spacial score (nSPS) is 10.3. The maximum Gasteiger partial charge on any atom is 0.159 e. The van der Waals surface area contributed by atoms with E-state index in [-0.39, 0.29) is 5.78 Å². The van der Waals surface area contributed by atoms with Gasteiger partial charge >= 0.3 is 0 Å². The standard InChI is InChI=1S/C15H15NOS/c1-11-5-3-4-6-14(11)10-18-15-9-13(12(2)17)7-8-16-15/h3-9H,10H2,1-2H3. The van der Waals surface area contributed by atoms with Crippen LogP contribution >= 0.6 is 11.8 Å². The third-order valence-electron chi connectivity index (χ3n) is 2.78. The number of rotatable bonds is 4. The number of pyridine rings is 1. The monoisotopic (exact) mass is 257 g/mol. The van der Waals surface area contributed by atoms with Crippen molar-refractivity contribution in [3.05, 3.63) is 59.3 Å². The van der Waals surface area contributed by atoms with Crippen molar-refractivity contribution >= 4 is 17.5 Å². The summed E-state index contributed by atoms with van der Waals surface area (Å²) in [6.07, 6.45) is 1.69. The molecular formula is C15H15NOS. The molecule has 0 saturated heterocycles. The zero-order valence-corrected chi connectivity index (χ0v) is 11.3. The van der Waals surface area contributed by atoms with E-state index in [9.17, 15) is 4.79 Å². The van der Waals surface area contributed by atoms with Crippen LogP contribution in [-0.4, -0.2) is 10.8 Å². The van der Waals surface area contributed by atoms with E-state index in [4.69, 9.17) is 0 Å². The number of hydrogen-bond acceptors (Lipinski definition) is 3. The van der Waals surface area contributed by atoms with Crippen LogP contribution in [0.1, 0.15) is 28.4 Å². The lowest BCUT2D eigenvalue weighted by molar-refractivity contribution is 0.101. The Hall–Kier alpha value is -1.61. The molecule has 0 fully saturated rings. The van der Waals surface area contributed by atoms with Crippen LogP contribution in [0.3, 0.4) is 0 Å². The van der Waals surface area contributed by atoms with E-state index in [1.165, 1.54) is 11.1 Å². The Labute approximate surface area is 111 Å². The van der Waals surface area contributed by atoms with Crippen molar-refractivity contribution < 1.29 is 4.79 Å². The Bertz CT molecular complexity index is 566. The zero-order chi connectivity index (χ0) is 13.0. The summed E-state index contributed by atoms with van der Waals surface area (Å²) in [5.41, 5.74) is 3.31. The molecule has 2 nitrogen and oxygen atoms in total. The molecule has 2 rings (SSSR count). The van der Waals surface area contributed by atoms with E-state index < -0.39 is 0 Å². The molecule has 0 spiro atoms. The van der Waals surface area contributed by atoms with Gasteiger partial charge in [0.2, 0.25) is 0 Å². The van der Waals surface area contributed by atoms with Crippen molar-refractivity contribution in [3.8, 4) is 0 Å². The first kappa shape index (κ1) is 12.8. The van der Waals surface area contributed by atoms with E-state index in [1.54, 1.807) is 30.9 Å². The summed E-state index contributed by atoms with van der Waals surface area (Å²) in [4.78, 5) is 15.6. The van der Waals surface area contributed by atoms with Crippen LogP contribution in [0.15, 0.2) is 47.6 Å². The molecule has 0 saturated carbocycles. The smallest absolute Gasteiger partial charge is 0.159 e. The number of aromatic nitrogens is 1. The number of thioether (sulfide) groups is 1. The molecule has 0 aliphatic heterocycles. The minimum absolute atomic E-state index is 0.0788. The van der Waals surface area contributed by atoms with E-state index >= 15 is 0 Å². The SMILES string of the molecule is CC(=O)c1ccnc(SCc2ccccc2C)c1. The highest BCUT2D eigenvalue weighted by molar-refractivity contribution is 7.98. The molecule has 0 atom stereocenters. The fourth-order valence-corrected chi connectivity index (χ4v) is 2.60. The maximum absolute atomic E-state index is 11.3. The Kier molecular flexibility index (Phi) is 4.15. The summed E-state index contributed by atoms with van der Waals surface area (Å²) in [7, 11) is 0. The number of benzene rings is 1. The molecule has 0 radical (unpaired) electrons. The van der Waals surface area contributed by atoms with E-state index in [0.29, 0.717) is 0 Å². The average Bonchev–Trinajstić information content (AvgIpc) is 2.38. The number of hydrogen-bond donors (Lipinski definition) is 0. The molecular weight excluding hydrogens is 242 g/mol. The van der Waals surface area contributed by atoms with Crippen LogP contribution in [-0.2, 0) is 5.75 Å². The summed E-state index contributed by atoms with van der Waals surface area (Å²) >= 11 is 1.66. The number of Topliss-reactive ketones (excluding diaryl/α,β-unsaturated/α-hetero) is 1. The van der Waals surface area contributed by atoms with Crippen LogP contribution in [0.2, 0.25) is 0 Å². The number of nitrogens with zero attached hydrogens (tertiary/aromatic N) is 1. The molecule has 0 aliphatic rings. The highest BCUT2D eigenvalue weighted by Crippen LogP contribution is 2.23. The highest BCUT2D eigenvalue weighted by atomic mass is 32.2. The predicted octanol–water partition coefficient (Wildman–Crippen LogP) is 3.88. The summed E-state index contributed by atoms with van der Waals surface area (Å²) < 4.78 is 0. The Morgan fingerprint density at radius 2 is 2.06 bits per heavy atom. The van der Waals surface area contributed by atoms with Crippen molar-refractivity contribution in [1.82, 2.24) is 4.98 Å². The van der Waals surface area contributed by atoms with Crippen LogP contribution in [0.5, 0.6) is 0 Å². The van der Waals surface area contributed by atoms with E-state index in [0.717, 1.165) is 16.3 Å². The Morgan fingerprint density at radius 1 is 1.28 bits per heavy atom. The van der Waals surface area contributed by atoms with Gasteiger partial charge in [-0.25, -0.2) is 4.98 Å². The van der Waals surface area contributed by atoms with Gasteiger partial charge in [-0.1, -0.05) is 24.3 Å². The minimum atomic E-state index is 0.0788. The van der Waals surface area contributed by atoms with Crippen molar-refractivity contribution in [2.75, 3.05) is 0 Å². The second-order valence-corrected chi connectivity index (χ2v) is 5.15. The van der Waals surface area contributed by atoms with Gasteiger partial charge in [0, 0.05) is 17.5 Å². The fourth-order valence-electron chi connectivity index (χ4n) is 1.63. The second kappa shape index (κ2) is 5.83. The molecule has 1 aromatic heterocycles. The van der Waals surface area contributed by atoms with Gasteiger partial charge in [0.1, 0.15) is 0 Å². The largest absolute Gasteiger partial charge is 0.295 e. The maximum atomic E-state index is 11.3. The zero-order valence-electron chi connectivity index (χ0n) is 10.5. The number of ketones is 1. The second-order valence-electron chi connectivity index (χ2n) is 4.15. The molecule has 1 aromatic carbocycles. The van der Waals surface area contributed by atoms with Gasteiger partial charge in [-0.05, 0) is 37.1 Å². The topological polar surface area (TPSA) is 30.0 Å². The predicted molar refractivity (Wildman–Crippen MR) is 75.0 cm³/mol. The van der Waals surface area contributed by atoms with E-state index in [2.05, 4.69) is 24.0 Å². The third kappa shape index (κ3) is 3.20. The quantitative estimate of drug-likeness (QED) is 0.615. The molecule has 1 heterocycles. The molecule has 2 aromatic rings. The van der Waals surface area contributed by atoms with Crippen molar-refractivity contribution in [2.24, 2.45) is 0 Å². The Morgan fingerprint density at radius 3 is 2.78 bits per heavy atom. The first-order valence-corrected chi connectivity index (χ1v) is 6.79. The molecule has 0 aliphatic carbocycles. The average molecular weight is 257 g/mol. The van der Waals surface area contributed by atoms with Gasteiger partial charge < -0.3 is 0 Å². The van der Waals surface area contributed by atoms with Crippen LogP contribution in [0.4, 0.5) is 0 Å².